The smallest absolute Gasteiger partial charge is 0.309 e. The van der Waals surface area contributed by atoms with Gasteiger partial charge in [-0.2, -0.15) is 0 Å². The monoisotopic (exact) mass is 307 g/mol. The predicted molar refractivity (Wildman–Crippen MR) is 84.3 cm³/mol. The third kappa shape index (κ3) is 3.86. The largest absolute Gasteiger partial charge is 0.353 e. The molecule has 1 atom stereocenters. The van der Waals surface area contributed by atoms with Crippen LogP contribution < -0.4 is 10.6 Å². The van der Waals surface area contributed by atoms with Crippen molar-refractivity contribution in [1.29, 1.82) is 0 Å². The molecule has 0 saturated carbocycles. The Hall–Kier alpha value is -1.86. The normalized spacial score (nSPS) is 18.0. The first-order valence-electron chi connectivity index (χ1n) is 7.56. The second-order valence-electron chi connectivity index (χ2n) is 5.69. The van der Waals surface area contributed by atoms with Gasteiger partial charge in [0.25, 0.3) is 0 Å². The van der Waals surface area contributed by atoms with Crippen molar-refractivity contribution >= 4 is 11.8 Å². The first kappa shape index (κ1) is 16.5. The molecule has 1 aromatic heterocycles. The molecule has 1 fully saturated rings. The van der Waals surface area contributed by atoms with Crippen molar-refractivity contribution in [3.8, 4) is 0 Å². The van der Waals surface area contributed by atoms with Gasteiger partial charge in [-0.3, -0.25) is 14.5 Å². The number of likely N-dealkylation sites (N-methyl/N-ethyl adjacent to an activating group) is 2. The van der Waals surface area contributed by atoms with Gasteiger partial charge in [0, 0.05) is 58.7 Å². The standard InChI is InChI=1S/C15H25N5O2/c1-16-14(21)15(22)17-11-13(12-5-4-6-19(12)3)20-9-7-18(2)8-10-20/h4-6,13H,7-11H2,1-3H3,(H,16,21)(H,17,22). The molecule has 2 amide bonds. The fourth-order valence-corrected chi connectivity index (χ4v) is 2.76. The lowest BCUT2D eigenvalue weighted by Crippen LogP contribution is -2.50. The maximum absolute atomic E-state index is 11.7. The molecule has 1 aromatic rings. The topological polar surface area (TPSA) is 69.6 Å². The minimum absolute atomic E-state index is 0.0716. The number of rotatable bonds is 4. The summed E-state index contributed by atoms with van der Waals surface area (Å²) in [4.78, 5) is 27.7. The molecule has 0 aliphatic carbocycles. The van der Waals surface area contributed by atoms with E-state index in [9.17, 15) is 9.59 Å². The number of nitrogens with zero attached hydrogens (tertiary/aromatic N) is 3. The second-order valence-corrected chi connectivity index (χ2v) is 5.69. The highest BCUT2D eigenvalue weighted by Gasteiger charge is 2.26. The molecule has 1 saturated heterocycles. The number of amides is 2. The molecular weight excluding hydrogens is 282 g/mol. The first-order valence-corrected chi connectivity index (χ1v) is 7.56. The highest BCUT2D eigenvalue weighted by Crippen LogP contribution is 2.21. The molecule has 2 rings (SSSR count). The van der Waals surface area contributed by atoms with E-state index in [0.29, 0.717) is 6.54 Å². The fourth-order valence-electron chi connectivity index (χ4n) is 2.76. The molecule has 22 heavy (non-hydrogen) atoms. The van der Waals surface area contributed by atoms with Crippen molar-refractivity contribution in [1.82, 2.24) is 25.0 Å². The third-order valence-corrected chi connectivity index (χ3v) is 4.19. The van der Waals surface area contributed by atoms with E-state index in [2.05, 4.69) is 38.1 Å². The zero-order chi connectivity index (χ0) is 16.1. The highest BCUT2D eigenvalue weighted by atomic mass is 16.2. The van der Waals surface area contributed by atoms with E-state index in [4.69, 9.17) is 0 Å². The zero-order valence-electron chi connectivity index (χ0n) is 13.5. The first-order chi connectivity index (χ1) is 10.5. The van der Waals surface area contributed by atoms with Crippen LogP contribution in [0.5, 0.6) is 0 Å². The molecule has 1 aliphatic rings. The van der Waals surface area contributed by atoms with E-state index >= 15 is 0 Å². The number of piperazine rings is 1. The number of carbonyl (C=O) groups excluding carboxylic acids is 2. The van der Waals surface area contributed by atoms with Gasteiger partial charge in [0.2, 0.25) is 0 Å². The number of nitrogens with one attached hydrogen (secondary N) is 2. The van der Waals surface area contributed by atoms with Crippen LogP contribution in [0.15, 0.2) is 18.3 Å². The van der Waals surface area contributed by atoms with E-state index in [1.807, 2.05) is 19.3 Å². The van der Waals surface area contributed by atoms with Crippen molar-refractivity contribution in [3.63, 3.8) is 0 Å². The van der Waals surface area contributed by atoms with Gasteiger partial charge in [0.15, 0.2) is 0 Å². The van der Waals surface area contributed by atoms with Gasteiger partial charge in [0.1, 0.15) is 0 Å². The van der Waals surface area contributed by atoms with Crippen LogP contribution in [0.25, 0.3) is 0 Å². The van der Waals surface area contributed by atoms with Crippen molar-refractivity contribution in [3.05, 3.63) is 24.0 Å². The summed E-state index contributed by atoms with van der Waals surface area (Å²) in [6.45, 7) is 4.33. The van der Waals surface area contributed by atoms with Crippen molar-refractivity contribution in [2.45, 2.75) is 6.04 Å². The van der Waals surface area contributed by atoms with Gasteiger partial charge >= 0.3 is 11.8 Å². The predicted octanol–water partition coefficient (Wildman–Crippen LogP) is -0.824. The maximum atomic E-state index is 11.7. The summed E-state index contributed by atoms with van der Waals surface area (Å²) >= 11 is 0. The van der Waals surface area contributed by atoms with Gasteiger partial charge < -0.3 is 20.1 Å². The van der Waals surface area contributed by atoms with Gasteiger partial charge in [-0.25, -0.2) is 0 Å². The van der Waals surface area contributed by atoms with Gasteiger partial charge in [-0.05, 0) is 19.2 Å². The molecule has 7 heteroatoms. The Morgan fingerprint density at radius 1 is 1.18 bits per heavy atom. The third-order valence-electron chi connectivity index (χ3n) is 4.19. The SMILES string of the molecule is CNC(=O)C(=O)NCC(c1cccn1C)N1CCN(C)CC1. The minimum Gasteiger partial charge on any atom is -0.353 e. The lowest BCUT2D eigenvalue weighted by molar-refractivity contribution is -0.139. The Labute approximate surface area is 131 Å². The Balaban J connectivity index is 2.07. The van der Waals surface area contributed by atoms with E-state index in [1.165, 1.54) is 7.05 Å². The van der Waals surface area contributed by atoms with E-state index in [1.54, 1.807) is 0 Å². The van der Waals surface area contributed by atoms with Crippen LogP contribution in [0.3, 0.4) is 0 Å². The molecular formula is C15H25N5O2. The molecule has 7 nitrogen and oxygen atoms in total. The highest BCUT2D eigenvalue weighted by molar-refractivity contribution is 6.35. The molecule has 0 bridgehead atoms. The number of hydrogen-bond donors (Lipinski definition) is 2. The Kier molecular flexibility index (Phi) is 5.57. The molecule has 122 valence electrons. The maximum Gasteiger partial charge on any atom is 0.309 e. The molecule has 2 N–H and O–H groups in total. The number of aryl methyl sites for hydroxylation is 1. The number of aromatic nitrogens is 1. The van der Waals surface area contributed by atoms with Crippen LogP contribution >= 0.6 is 0 Å². The molecule has 0 aromatic carbocycles. The average Bonchev–Trinajstić information content (AvgIpc) is 2.94. The van der Waals surface area contributed by atoms with Gasteiger partial charge in [-0.15, -0.1) is 0 Å². The summed E-state index contributed by atoms with van der Waals surface area (Å²) in [5, 5.41) is 5.08. The molecule has 2 heterocycles. The fraction of sp³-hybridized carbons (Fsp3) is 0.600. The molecule has 0 radical (unpaired) electrons. The van der Waals surface area contributed by atoms with E-state index in [-0.39, 0.29) is 6.04 Å². The molecule has 1 unspecified atom stereocenters. The number of hydrogen-bond acceptors (Lipinski definition) is 4. The van der Waals surface area contributed by atoms with Crippen LogP contribution in [0.1, 0.15) is 11.7 Å². The van der Waals surface area contributed by atoms with Crippen molar-refractivity contribution in [2.24, 2.45) is 7.05 Å². The summed E-state index contributed by atoms with van der Waals surface area (Å²) in [6, 6.07) is 4.14. The summed E-state index contributed by atoms with van der Waals surface area (Å²) < 4.78 is 2.06. The van der Waals surface area contributed by atoms with Crippen LogP contribution in [0, 0.1) is 0 Å². The summed E-state index contributed by atoms with van der Waals surface area (Å²) in [5.41, 5.74) is 1.14. The van der Waals surface area contributed by atoms with Crippen LogP contribution in [0.2, 0.25) is 0 Å². The zero-order valence-corrected chi connectivity index (χ0v) is 13.5. The van der Waals surface area contributed by atoms with Crippen molar-refractivity contribution < 1.29 is 9.59 Å². The summed E-state index contributed by atoms with van der Waals surface area (Å²) in [5.74, 6) is -1.19. The van der Waals surface area contributed by atoms with Gasteiger partial charge in [0.05, 0.1) is 6.04 Å². The Bertz CT molecular complexity index is 520. The Morgan fingerprint density at radius 2 is 1.86 bits per heavy atom. The summed E-state index contributed by atoms with van der Waals surface area (Å²) in [6.07, 6.45) is 2.00. The molecule has 0 spiro atoms. The quantitative estimate of drug-likeness (QED) is 0.713. The average molecular weight is 307 g/mol. The van der Waals surface area contributed by atoms with Crippen LogP contribution in [0.4, 0.5) is 0 Å². The van der Waals surface area contributed by atoms with E-state index < -0.39 is 11.8 Å². The van der Waals surface area contributed by atoms with Gasteiger partial charge in [-0.1, -0.05) is 0 Å². The van der Waals surface area contributed by atoms with Crippen molar-refractivity contribution in [2.75, 3.05) is 46.8 Å². The minimum atomic E-state index is -0.607. The van der Waals surface area contributed by atoms with E-state index in [0.717, 1.165) is 31.9 Å². The van der Waals surface area contributed by atoms with Crippen LogP contribution in [-0.4, -0.2) is 73.0 Å². The Morgan fingerprint density at radius 3 is 2.41 bits per heavy atom. The van der Waals surface area contributed by atoms with Crippen LogP contribution in [-0.2, 0) is 16.6 Å². The number of carbonyl (C=O) groups is 2. The summed E-state index contributed by atoms with van der Waals surface area (Å²) in [7, 11) is 5.57. The lowest BCUT2D eigenvalue weighted by Gasteiger charge is -2.38. The second kappa shape index (κ2) is 7.42. The molecule has 1 aliphatic heterocycles. The lowest BCUT2D eigenvalue weighted by atomic mass is 10.1.